The van der Waals surface area contributed by atoms with Gasteiger partial charge in [-0.05, 0) is 22.8 Å². The summed E-state index contributed by atoms with van der Waals surface area (Å²) in [5.74, 6) is -1.43. The predicted molar refractivity (Wildman–Crippen MR) is 126 cm³/mol. The van der Waals surface area contributed by atoms with Crippen molar-refractivity contribution in [1.82, 2.24) is 5.32 Å². The quantitative estimate of drug-likeness (QED) is 0.259. The van der Waals surface area contributed by atoms with E-state index in [-0.39, 0.29) is 11.1 Å². The van der Waals surface area contributed by atoms with Crippen LogP contribution < -0.4 is 5.32 Å². The molecule has 1 unspecified atom stereocenters. The van der Waals surface area contributed by atoms with Crippen LogP contribution in [0.3, 0.4) is 0 Å². The number of nitriles is 1. The van der Waals surface area contributed by atoms with Gasteiger partial charge < -0.3 is 0 Å². The summed E-state index contributed by atoms with van der Waals surface area (Å²) >= 11 is 0. The van der Waals surface area contributed by atoms with Crippen molar-refractivity contribution in [3.8, 4) is 6.07 Å². The summed E-state index contributed by atoms with van der Waals surface area (Å²) in [5.41, 5.74) is 2.03. The summed E-state index contributed by atoms with van der Waals surface area (Å²) in [6, 6.07) is 33.8. The van der Waals surface area contributed by atoms with Crippen LogP contribution in [0.1, 0.15) is 28.3 Å². The molecule has 1 atom stereocenters. The molecule has 33 heavy (non-hydrogen) atoms. The van der Waals surface area contributed by atoms with Gasteiger partial charge in [0.05, 0.1) is 17.6 Å². The van der Waals surface area contributed by atoms with Crippen LogP contribution in [-0.4, -0.2) is 0 Å². The number of nitrogens with one attached hydrogen (secondary N) is 1. The van der Waals surface area contributed by atoms with E-state index in [4.69, 9.17) is 0 Å². The minimum absolute atomic E-state index is 0.118. The minimum Gasteiger partial charge on any atom is -0.288 e. The third kappa shape index (κ3) is 4.32. The molecule has 0 aliphatic heterocycles. The van der Waals surface area contributed by atoms with Crippen molar-refractivity contribution in [1.29, 1.82) is 5.26 Å². The molecule has 0 radical (unpaired) electrons. The topological polar surface area (TPSA) is 35.8 Å². The van der Waals surface area contributed by atoms with Crippen LogP contribution >= 0.6 is 0 Å². The van der Waals surface area contributed by atoms with Crippen molar-refractivity contribution in [2.75, 3.05) is 0 Å². The van der Waals surface area contributed by atoms with Gasteiger partial charge in [-0.2, -0.15) is 5.26 Å². The van der Waals surface area contributed by atoms with Crippen LogP contribution in [0.5, 0.6) is 0 Å². The van der Waals surface area contributed by atoms with E-state index in [2.05, 4.69) is 18.0 Å². The molecule has 0 heterocycles. The van der Waals surface area contributed by atoms with Gasteiger partial charge >= 0.3 is 0 Å². The van der Waals surface area contributed by atoms with Crippen LogP contribution in [-0.2, 0) is 5.54 Å². The Morgan fingerprint density at radius 2 is 1.21 bits per heavy atom. The fourth-order valence-corrected chi connectivity index (χ4v) is 4.18. The molecule has 4 heteroatoms. The second kappa shape index (κ2) is 9.60. The van der Waals surface area contributed by atoms with E-state index in [1.807, 2.05) is 91.0 Å². The zero-order chi connectivity index (χ0) is 23.3. The van der Waals surface area contributed by atoms with E-state index in [1.54, 1.807) is 0 Å². The van der Waals surface area contributed by atoms with Crippen LogP contribution in [0.2, 0.25) is 0 Å². The lowest BCUT2D eigenvalue weighted by Gasteiger charge is -2.40. The molecule has 162 valence electrons. The number of hydrogen-bond donors (Lipinski definition) is 1. The average Bonchev–Trinajstić information content (AvgIpc) is 2.87. The molecule has 4 rings (SSSR count). The number of hydrogen-bond acceptors (Lipinski definition) is 2. The van der Waals surface area contributed by atoms with E-state index in [9.17, 15) is 14.0 Å². The lowest BCUT2D eigenvalue weighted by Crippen LogP contribution is -2.47. The smallest absolute Gasteiger partial charge is 0.131 e. The van der Waals surface area contributed by atoms with Crippen LogP contribution in [0.25, 0.3) is 0 Å². The molecule has 0 aliphatic carbocycles. The number of nitrogens with zero attached hydrogens (tertiary/aromatic N) is 1. The molecule has 4 aromatic rings. The van der Waals surface area contributed by atoms with Gasteiger partial charge in [0.2, 0.25) is 0 Å². The standard InChI is InChI=1S/C29H22F2N2/c1-21(20-32)28(26-18-17-25(30)19-27(26)31)33-29(22-11-5-2-6-12-22,23-13-7-3-8-14-23)24-15-9-4-10-16-24/h2-19,28,33H,1H2. The molecule has 0 aliphatic rings. The van der Waals surface area contributed by atoms with Gasteiger partial charge in [-0.15, -0.1) is 0 Å². The summed E-state index contributed by atoms with van der Waals surface area (Å²) in [7, 11) is 0. The summed E-state index contributed by atoms with van der Waals surface area (Å²) < 4.78 is 28.6. The molecule has 0 spiro atoms. The van der Waals surface area contributed by atoms with Gasteiger partial charge in [-0.25, -0.2) is 8.78 Å². The molecule has 0 saturated heterocycles. The molecule has 1 N–H and O–H groups in total. The molecule has 0 bridgehead atoms. The molecule has 4 aromatic carbocycles. The maximum absolute atomic E-state index is 14.9. The highest BCUT2D eigenvalue weighted by molar-refractivity contribution is 5.51. The predicted octanol–water partition coefficient (Wildman–Crippen LogP) is 6.67. The minimum atomic E-state index is -0.949. The van der Waals surface area contributed by atoms with E-state index in [0.29, 0.717) is 0 Å². The third-order valence-electron chi connectivity index (χ3n) is 5.75. The molecular weight excluding hydrogens is 414 g/mol. The van der Waals surface area contributed by atoms with Gasteiger partial charge in [0.25, 0.3) is 0 Å². The largest absolute Gasteiger partial charge is 0.288 e. The van der Waals surface area contributed by atoms with Crippen molar-refractivity contribution < 1.29 is 8.78 Å². The first-order chi connectivity index (χ1) is 16.1. The Morgan fingerprint density at radius 3 is 1.61 bits per heavy atom. The van der Waals surface area contributed by atoms with Crippen molar-refractivity contribution in [3.63, 3.8) is 0 Å². The fourth-order valence-electron chi connectivity index (χ4n) is 4.18. The Kier molecular flexibility index (Phi) is 6.44. The summed E-state index contributed by atoms with van der Waals surface area (Å²) in [5, 5.41) is 13.3. The van der Waals surface area contributed by atoms with Crippen LogP contribution in [0.4, 0.5) is 8.78 Å². The Labute approximate surface area is 192 Å². The monoisotopic (exact) mass is 436 g/mol. The lowest BCUT2D eigenvalue weighted by molar-refractivity contribution is 0.420. The highest BCUT2D eigenvalue weighted by Gasteiger charge is 2.39. The zero-order valence-corrected chi connectivity index (χ0v) is 17.9. The Balaban J connectivity index is 2.01. The Hall–Kier alpha value is -4.07. The third-order valence-corrected chi connectivity index (χ3v) is 5.75. The first-order valence-electron chi connectivity index (χ1n) is 10.5. The first kappa shape index (κ1) is 22.1. The molecule has 0 amide bonds. The summed E-state index contributed by atoms with van der Waals surface area (Å²) in [4.78, 5) is 0. The first-order valence-corrected chi connectivity index (χ1v) is 10.5. The molecule has 2 nitrogen and oxygen atoms in total. The van der Waals surface area contributed by atoms with E-state index in [0.717, 1.165) is 22.8 Å². The highest BCUT2D eigenvalue weighted by atomic mass is 19.1. The van der Waals surface area contributed by atoms with Crippen molar-refractivity contribution in [2.24, 2.45) is 0 Å². The van der Waals surface area contributed by atoms with Crippen molar-refractivity contribution >= 4 is 0 Å². The Bertz CT molecular complexity index is 1180. The second-order valence-corrected chi connectivity index (χ2v) is 7.73. The van der Waals surface area contributed by atoms with Crippen LogP contribution in [0, 0.1) is 23.0 Å². The maximum atomic E-state index is 14.9. The van der Waals surface area contributed by atoms with Gasteiger partial charge in [-0.3, -0.25) is 5.32 Å². The number of benzene rings is 4. The van der Waals surface area contributed by atoms with E-state index in [1.165, 1.54) is 12.1 Å². The maximum Gasteiger partial charge on any atom is 0.131 e. The number of halogens is 2. The fraction of sp³-hybridized carbons (Fsp3) is 0.0690. The SMILES string of the molecule is C=C(C#N)C(NC(c1ccccc1)(c1ccccc1)c1ccccc1)c1ccc(F)cc1F. The van der Waals surface area contributed by atoms with E-state index >= 15 is 0 Å². The van der Waals surface area contributed by atoms with Gasteiger partial charge in [0, 0.05) is 17.2 Å². The average molecular weight is 437 g/mol. The van der Waals surface area contributed by atoms with Crippen molar-refractivity contribution in [3.05, 3.63) is 155 Å². The molecule has 0 fully saturated rings. The normalized spacial score (nSPS) is 12.0. The lowest BCUT2D eigenvalue weighted by atomic mass is 9.75. The zero-order valence-electron chi connectivity index (χ0n) is 17.9. The van der Waals surface area contributed by atoms with Crippen LogP contribution in [0.15, 0.2) is 121 Å². The van der Waals surface area contributed by atoms with Gasteiger partial charge in [-0.1, -0.05) is 104 Å². The molecule has 0 aromatic heterocycles. The summed E-state index contributed by atoms with van der Waals surface area (Å²) in [6.45, 7) is 3.89. The Morgan fingerprint density at radius 1 is 0.758 bits per heavy atom. The van der Waals surface area contributed by atoms with Crippen molar-refractivity contribution in [2.45, 2.75) is 11.6 Å². The summed E-state index contributed by atoms with van der Waals surface area (Å²) in [6.07, 6.45) is 0. The number of rotatable bonds is 7. The highest BCUT2D eigenvalue weighted by Crippen LogP contribution is 2.40. The second-order valence-electron chi connectivity index (χ2n) is 7.73. The van der Waals surface area contributed by atoms with Gasteiger partial charge in [0.1, 0.15) is 11.6 Å². The van der Waals surface area contributed by atoms with E-state index < -0.39 is 23.2 Å². The van der Waals surface area contributed by atoms with Gasteiger partial charge in [0.15, 0.2) is 0 Å². The molecular formula is C29H22F2N2. The molecule has 0 saturated carbocycles.